The number of hydrogen-bond acceptors (Lipinski definition) is 3. The zero-order valence-corrected chi connectivity index (χ0v) is 11.6. The predicted octanol–water partition coefficient (Wildman–Crippen LogP) is 2.10. The second kappa shape index (κ2) is 5.85. The molecular formula is C12H19ClN2OS. The van der Waals surface area contributed by atoms with E-state index in [0.29, 0.717) is 0 Å². The van der Waals surface area contributed by atoms with Gasteiger partial charge in [0.05, 0.1) is 5.54 Å². The van der Waals surface area contributed by atoms with Gasteiger partial charge < -0.3 is 11.1 Å². The number of carbonyl (C=O) groups excluding carboxylic acids is 1. The van der Waals surface area contributed by atoms with Crippen LogP contribution in [0.3, 0.4) is 0 Å². The van der Waals surface area contributed by atoms with Crippen molar-refractivity contribution in [2.45, 2.75) is 44.2 Å². The fourth-order valence-corrected chi connectivity index (χ4v) is 2.77. The molecule has 96 valence electrons. The van der Waals surface area contributed by atoms with Gasteiger partial charge in [0, 0.05) is 17.3 Å². The van der Waals surface area contributed by atoms with Crippen LogP contribution in [0.1, 0.15) is 31.1 Å². The summed E-state index contributed by atoms with van der Waals surface area (Å²) in [7, 11) is 0. The molecule has 1 unspecified atom stereocenters. The van der Waals surface area contributed by atoms with Crippen molar-refractivity contribution >= 4 is 29.7 Å². The zero-order valence-electron chi connectivity index (χ0n) is 9.94. The second-order valence-electron chi connectivity index (χ2n) is 4.67. The molecule has 0 saturated heterocycles. The molecular weight excluding hydrogens is 256 g/mol. The molecule has 0 aromatic carbocycles. The minimum atomic E-state index is -0.580. The first kappa shape index (κ1) is 14.5. The number of hydrogen-bond donors (Lipinski definition) is 2. The molecule has 5 heteroatoms. The van der Waals surface area contributed by atoms with Crippen molar-refractivity contribution in [2.24, 2.45) is 5.73 Å². The van der Waals surface area contributed by atoms with Crippen molar-refractivity contribution in [1.29, 1.82) is 0 Å². The Balaban J connectivity index is 0.00000144. The second-order valence-corrected chi connectivity index (χ2v) is 5.70. The molecule has 0 radical (unpaired) electrons. The largest absolute Gasteiger partial charge is 0.352 e. The summed E-state index contributed by atoms with van der Waals surface area (Å²) in [6.07, 6.45) is 3.61. The Morgan fingerprint density at radius 1 is 1.65 bits per heavy atom. The Labute approximate surface area is 112 Å². The van der Waals surface area contributed by atoms with E-state index in [0.717, 1.165) is 25.7 Å². The molecule has 2 rings (SSSR count). The van der Waals surface area contributed by atoms with Crippen LogP contribution in [0.2, 0.25) is 0 Å². The van der Waals surface area contributed by atoms with E-state index in [1.54, 1.807) is 11.3 Å². The van der Waals surface area contributed by atoms with E-state index in [2.05, 4.69) is 16.8 Å². The summed E-state index contributed by atoms with van der Waals surface area (Å²) in [4.78, 5) is 13.2. The smallest absolute Gasteiger partial charge is 0.240 e. The average molecular weight is 275 g/mol. The summed E-state index contributed by atoms with van der Waals surface area (Å²) in [5.74, 6) is 0.0165. The van der Waals surface area contributed by atoms with Gasteiger partial charge in [0.1, 0.15) is 0 Å². The van der Waals surface area contributed by atoms with Gasteiger partial charge in [-0.05, 0) is 37.6 Å². The topological polar surface area (TPSA) is 55.1 Å². The number of carbonyl (C=O) groups is 1. The van der Waals surface area contributed by atoms with Crippen LogP contribution in [0.25, 0.3) is 0 Å². The van der Waals surface area contributed by atoms with E-state index in [1.165, 1.54) is 4.88 Å². The van der Waals surface area contributed by atoms with Crippen LogP contribution < -0.4 is 11.1 Å². The van der Waals surface area contributed by atoms with Gasteiger partial charge in [0.25, 0.3) is 0 Å². The van der Waals surface area contributed by atoms with Gasteiger partial charge in [-0.2, -0.15) is 0 Å². The van der Waals surface area contributed by atoms with Crippen LogP contribution in [0.5, 0.6) is 0 Å². The summed E-state index contributed by atoms with van der Waals surface area (Å²) < 4.78 is 0. The standard InChI is InChI=1S/C12H18N2OS.ClH/c1-9(8-10-4-2-7-16-10)14-11(15)12(13)5-3-6-12;/h2,4,7,9H,3,5-6,8,13H2,1H3,(H,14,15);1H. The lowest BCUT2D eigenvalue weighted by atomic mass is 9.77. The zero-order chi connectivity index (χ0) is 11.6. The van der Waals surface area contributed by atoms with E-state index in [1.807, 2.05) is 13.0 Å². The van der Waals surface area contributed by atoms with Crippen LogP contribution >= 0.6 is 23.7 Å². The molecule has 1 atom stereocenters. The third-order valence-corrected chi connectivity index (χ3v) is 4.06. The Morgan fingerprint density at radius 3 is 2.82 bits per heavy atom. The molecule has 1 aromatic heterocycles. The van der Waals surface area contributed by atoms with Crippen LogP contribution in [-0.2, 0) is 11.2 Å². The summed E-state index contributed by atoms with van der Waals surface area (Å²) in [5.41, 5.74) is 5.38. The van der Waals surface area contributed by atoms with Crippen LogP contribution in [0.15, 0.2) is 17.5 Å². The highest BCUT2D eigenvalue weighted by atomic mass is 35.5. The van der Waals surface area contributed by atoms with Crippen LogP contribution in [-0.4, -0.2) is 17.5 Å². The van der Waals surface area contributed by atoms with E-state index in [-0.39, 0.29) is 24.4 Å². The maximum Gasteiger partial charge on any atom is 0.240 e. The lowest BCUT2D eigenvalue weighted by molar-refractivity contribution is -0.129. The first-order valence-corrected chi connectivity index (χ1v) is 6.60. The van der Waals surface area contributed by atoms with Gasteiger partial charge in [-0.15, -0.1) is 23.7 Å². The Kier molecular flexibility index (Phi) is 4.98. The van der Waals surface area contributed by atoms with Crippen LogP contribution in [0, 0.1) is 0 Å². The average Bonchev–Trinajstić information content (AvgIpc) is 2.66. The summed E-state index contributed by atoms with van der Waals surface area (Å²) in [6.45, 7) is 2.03. The fourth-order valence-electron chi connectivity index (χ4n) is 1.93. The highest BCUT2D eigenvalue weighted by Crippen LogP contribution is 2.29. The summed E-state index contributed by atoms with van der Waals surface area (Å²) >= 11 is 1.72. The number of thiophene rings is 1. The molecule has 0 bridgehead atoms. The SMILES string of the molecule is CC(Cc1cccs1)NC(=O)C1(N)CCC1.Cl. The molecule has 1 amide bonds. The number of nitrogens with two attached hydrogens (primary N) is 1. The highest BCUT2D eigenvalue weighted by Gasteiger charge is 2.40. The minimum Gasteiger partial charge on any atom is -0.352 e. The molecule has 1 fully saturated rings. The van der Waals surface area contributed by atoms with Gasteiger partial charge in [0.15, 0.2) is 0 Å². The molecule has 1 aliphatic carbocycles. The van der Waals surface area contributed by atoms with Gasteiger partial charge in [0.2, 0.25) is 5.91 Å². The normalized spacial score (nSPS) is 18.7. The highest BCUT2D eigenvalue weighted by molar-refractivity contribution is 7.09. The Hall–Kier alpha value is -0.580. The maximum atomic E-state index is 11.9. The van der Waals surface area contributed by atoms with E-state index < -0.39 is 5.54 Å². The van der Waals surface area contributed by atoms with Gasteiger partial charge in [-0.3, -0.25) is 4.79 Å². The predicted molar refractivity (Wildman–Crippen MR) is 73.6 cm³/mol. The molecule has 0 spiro atoms. The summed E-state index contributed by atoms with van der Waals surface area (Å²) in [5, 5.41) is 5.06. The van der Waals surface area contributed by atoms with Crippen LogP contribution in [0.4, 0.5) is 0 Å². The third-order valence-electron chi connectivity index (χ3n) is 3.16. The molecule has 1 aromatic rings. The number of amides is 1. The van der Waals surface area contributed by atoms with Crippen molar-refractivity contribution in [3.63, 3.8) is 0 Å². The van der Waals surface area contributed by atoms with E-state index in [9.17, 15) is 4.79 Å². The Bertz CT molecular complexity index is 363. The molecule has 3 nitrogen and oxygen atoms in total. The molecule has 1 saturated carbocycles. The maximum absolute atomic E-state index is 11.9. The minimum absolute atomic E-state index is 0. The first-order valence-electron chi connectivity index (χ1n) is 5.72. The summed E-state index contributed by atoms with van der Waals surface area (Å²) in [6, 6.07) is 4.28. The third kappa shape index (κ3) is 3.44. The van der Waals surface area contributed by atoms with Gasteiger partial charge in [-0.25, -0.2) is 0 Å². The molecule has 3 N–H and O–H groups in total. The van der Waals surface area contributed by atoms with E-state index in [4.69, 9.17) is 5.73 Å². The lowest BCUT2D eigenvalue weighted by Gasteiger charge is -2.37. The number of nitrogens with one attached hydrogen (secondary N) is 1. The number of rotatable bonds is 4. The van der Waals surface area contributed by atoms with Crippen molar-refractivity contribution in [3.8, 4) is 0 Å². The number of halogens is 1. The monoisotopic (exact) mass is 274 g/mol. The van der Waals surface area contributed by atoms with Crippen molar-refractivity contribution in [2.75, 3.05) is 0 Å². The molecule has 1 aliphatic rings. The molecule has 0 aliphatic heterocycles. The first-order chi connectivity index (χ1) is 7.60. The molecule has 17 heavy (non-hydrogen) atoms. The van der Waals surface area contributed by atoms with Crippen molar-refractivity contribution in [1.82, 2.24) is 5.32 Å². The quantitative estimate of drug-likeness (QED) is 0.883. The Morgan fingerprint density at radius 2 is 2.35 bits per heavy atom. The van der Waals surface area contributed by atoms with Crippen molar-refractivity contribution in [3.05, 3.63) is 22.4 Å². The van der Waals surface area contributed by atoms with Gasteiger partial charge >= 0.3 is 0 Å². The fraction of sp³-hybridized carbons (Fsp3) is 0.583. The van der Waals surface area contributed by atoms with E-state index >= 15 is 0 Å². The lowest BCUT2D eigenvalue weighted by Crippen LogP contribution is -2.60. The van der Waals surface area contributed by atoms with Crippen molar-refractivity contribution < 1.29 is 4.79 Å². The molecule has 1 heterocycles. The van der Waals surface area contributed by atoms with Gasteiger partial charge in [-0.1, -0.05) is 6.07 Å².